The topological polar surface area (TPSA) is 37.3 Å². The van der Waals surface area contributed by atoms with Crippen molar-refractivity contribution >= 4 is 17.7 Å². The molecular weight excluding hydrogens is 196 g/mol. The predicted molar refractivity (Wildman–Crippen MR) is 60.7 cm³/mol. The maximum Gasteiger partial charge on any atom is 0.316 e. The molecule has 0 aliphatic heterocycles. The summed E-state index contributed by atoms with van der Waals surface area (Å²) in [4.78, 5) is 10.7. The maximum absolute atomic E-state index is 10.7. The van der Waals surface area contributed by atoms with Crippen LogP contribution >= 0.6 is 11.8 Å². The average Bonchev–Trinajstić information content (AvgIpc) is 2.11. The second-order valence-corrected chi connectivity index (χ2v) is 6.15. The lowest BCUT2D eigenvalue weighted by molar-refractivity contribution is -0.136. The predicted octanol–water partition coefficient (Wildman–Crippen LogP) is 3.02. The molecule has 0 aromatic carbocycles. The van der Waals surface area contributed by atoms with E-state index in [0.29, 0.717) is 5.25 Å². The second kappa shape index (κ2) is 5.06. The first-order valence-electron chi connectivity index (χ1n) is 5.39. The number of hydrogen-bond donors (Lipinski definition) is 1. The normalized spacial score (nSPS) is 35.2. The lowest BCUT2D eigenvalue weighted by atomic mass is 9.81. The Morgan fingerprint density at radius 1 is 1.36 bits per heavy atom. The lowest BCUT2D eigenvalue weighted by Gasteiger charge is -2.32. The highest BCUT2D eigenvalue weighted by molar-refractivity contribution is 8.01. The fourth-order valence-corrected chi connectivity index (χ4v) is 3.35. The molecule has 82 valence electrons. The van der Waals surface area contributed by atoms with Crippen molar-refractivity contribution < 1.29 is 9.90 Å². The minimum Gasteiger partial charge on any atom is -0.480 e. The largest absolute Gasteiger partial charge is 0.480 e. The molecule has 3 heteroatoms. The van der Waals surface area contributed by atoms with Gasteiger partial charge < -0.3 is 5.11 Å². The SMILES string of the molecule is CC(SC1CCC(C)C(C)C1)C(=O)O. The molecule has 1 N–H and O–H groups in total. The van der Waals surface area contributed by atoms with Gasteiger partial charge in [-0.15, -0.1) is 11.8 Å². The molecule has 1 fully saturated rings. The molecule has 2 nitrogen and oxygen atoms in total. The van der Waals surface area contributed by atoms with E-state index in [1.807, 2.05) is 0 Å². The summed E-state index contributed by atoms with van der Waals surface area (Å²) in [5.74, 6) is 0.885. The summed E-state index contributed by atoms with van der Waals surface area (Å²) in [6, 6.07) is 0. The van der Waals surface area contributed by atoms with Crippen molar-refractivity contribution in [2.45, 2.75) is 50.5 Å². The Balaban J connectivity index is 2.36. The molecule has 0 saturated heterocycles. The standard InChI is InChI=1S/C11H20O2S/c1-7-4-5-10(6-8(7)2)14-9(3)11(12)13/h7-10H,4-6H2,1-3H3,(H,12,13). The highest BCUT2D eigenvalue weighted by atomic mass is 32.2. The molecule has 0 bridgehead atoms. The Labute approximate surface area is 90.5 Å². The second-order valence-electron chi connectivity index (χ2n) is 4.51. The smallest absolute Gasteiger partial charge is 0.316 e. The van der Waals surface area contributed by atoms with E-state index >= 15 is 0 Å². The van der Waals surface area contributed by atoms with E-state index in [2.05, 4.69) is 13.8 Å². The fraction of sp³-hybridized carbons (Fsp3) is 0.909. The molecule has 0 aromatic rings. The third kappa shape index (κ3) is 3.19. The molecule has 4 atom stereocenters. The van der Waals surface area contributed by atoms with Crippen molar-refractivity contribution in [3.8, 4) is 0 Å². The molecule has 0 radical (unpaired) electrons. The van der Waals surface area contributed by atoms with E-state index in [1.165, 1.54) is 19.3 Å². The van der Waals surface area contributed by atoms with Crippen LogP contribution < -0.4 is 0 Å². The molecule has 1 aliphatic rings. The molecule has 4 unspecified atom stereocenters. The number of carbonyl (C=O) groups is 1. The summed E-state index contributed by atoms with van der Waals surface area (Å²) in [7, 11) is 0. The summed E-state index contributed by atoms with van der Waals surface area (Å²) in [5, 5.41) is 9.12. The van der Waals surface area contributed by atoms with Gasteiger partial charge in [-0.3, -0.25) is 4.79 Å². The number of aliphatic carboxylic acids is 1. The number of hydrogen-bond acceptors (Lipinski definition) is 2. The third-order valence-electron chi connectivity index (χ3n) is 3.29. The highest BCUT2D eigenvalue weighted by Gasteiger charge is 2.27. The minimum atomic E-state index is -0.679. The van der Waals surface area contributed by atoms with Crippen molar-refractivity contribution in [1.29, 1.82) is 0 Å². The van der Waals surface area contributed by atoms with Crippen LogP contribution in [-0.4, -0.2) is 21.6 Å². The van der Waals surface area contributed by atoms with Crippen LogP contribution in [0.1, 0.15) is 40.0 Å². The van der Waals surface area contributed by atoms with E-state index in [4.69, 9.17) is 5.11 Å². The molecule has 1 aliphatic carbocycles. The molecule has 1 saturated carbocycles. The number of thioether (sulfide) groups is 1. The Hall–Kier alpha value is -0.180. The first kappa shape index (κ1) is 11.9. The first-order valence-corrected chi connectivity index (χ1v) is 6.33. The Bertz CT molecular complexity index is 205. The summed E-state index contributed by atoms with van der Waals surface area (Å²) >= 11 is 1.63. The summed E-state index contributed by atoms with van der Waals surface area (Å²) in [5.41, 5.74) is 0. The van der Waals surface area contributed by atoms with Gasteiger partial charge in [-0.05, 0) is 38.0 Å². The van der Waals surface area contributed by atoms with Crippen molar-refractivity contribution in [2.75, 3.05) is 0 Å². The Kier molecular flexibility index (Phi) is 4.30. The van der Waals surface area contributed by atoms with Gasteiger partial charge in [0.2, 0.25) is 0 Å². The number of rotatable bonds is 3. The van der Waals surface area contributed by atoms with Gasteiger partial charge in [0, 0.05) is 5.25 Å². The van der Waals surface area contributed by atoms with Gasteiger partial charge in [0.25, 0.3) is 0 Å². The highest BCUT2D eigenvalue weighted by Crippen LogP contribution is 2.37. The molecule has 0 amide bonds. The summed E-state index contributed by atoms with van der Waals surface area (Å²) < 4.78 is 0. The van der Waals surface area contributed by atoms with E-state index in [1.54, 1.807) is 18.7 Å². The monoisotopic (exact) mass is 216 g/mol. The Morgan fingerprint density at radius 3 is 2.50 bits per heavy atom. The molecule has 0 spiro atoms. The van der Waals surface area contributed by atoms with Gasteiger partial charge in [-0.25, -0.2) is 0 Å². The van der Waals surface area contributed by atoms with Gasteiger partial charge in [-0.2, -0.15) is 0 Å². The zero-order chi connectivity index (χ0) is 10.7. The van der Waals surface area contributed by atoms with E-state index in [0.717, 1.165) is 11.8 Å². The van der Waals surface area contributed by atoms with Crippen LogP contribution in [0.15, 0.2) is 0 Å². The van der Waals surface area contributed by atoms with Crippen LogP contribution in [-0.2, 0) is 4.79 Å². The molecular formula is C11H20O2S. The van der Waals surface area contributed by atoms with Crippen molar-refractivity contribution in [2.24, 2.45) is 11.8 Å². The fourth-order valence-electron chi connectivity index (χ4n) is 1.97. The van der Waals surface area contributed by atoms with Gasteiger partial charge in [-0.1, -0.05) is 13.8 Å². The van der Waals surface area contributed by atoms with Gasteiger partial charge in [0.15, 0.2) is 0 Å². The number of carboxylic acid groups (broad SMARTS) is 1. The van der Waals surface area contributed by atoms with E-state index in [-0.39, 0.29) is 5.25 Å². The first-order chi connectivity index (χ1) is 6.50. The van der Waals surface area contributed by atoms with Crippen LogP contribution in [0.3, 0.4) is 0 Å². The zero-order valence-electron chi connectivity index (χ0n) is 9.19. The van der Waals surface area contributed by atoms with Crippen LogP contribution in [0.25, 0.3) is 0 Å². The molecule has 1 rings (SSSR count). The lowest BCUT2D eigenvalue weighted by Crippen LogP contribution is -2.25. The maximum atomic E-state index is 10.7. The summed E-state index contributed by atoms with van der Waals surface area (Å²) in [6.07, 6.45) is 3.63. The van der Waals surface area contributed by atoms with Crippen LogP contribution in [0.2, 0.25) is 0 Å². The van der Waals surface area contributed by atoms with Gasteiger partial charge >= 0.3 is 5.97 Å². The van der Waals surface area contributed by atoms with Crippen molar-refractivity contribution in [1.82, 2.24) is 0 Å². The molecule has 0 heterocycles. The zero-order valence-corrected chi connectivity index (χ0v) is 10.0. The third-order valence-corrected chi connectivity index (χ3v) is 4.72. The molecule has 0 aromatic heterocycles. The van der Waals surface area contributed by atoms with Gasteiger partial charge in [0.05, 0.1) is 5.25 Å². The van der Waals surface area contributed by atoms with E-state index < -0.39 is 5.97 Å². The van der Waals surface area contributed by atoms with Gasteiger partial charge in [0.1, 0.15) is 0 Å². The summed E-state index contributed by atoms with van der Waals surface area (Å²) in [6.45, 7) is 6.37. The average molecular weight is 216 g/mol. The van der Waals surface area contributed by atoms with E-state index in [9.17, 15) is 4.79 Å². The van der Waals surface area contributed by atoms with Crippen molar-refractivity contribution in [3.63, 3.8) is 0 Å². The minimum absolute atomic E-state index is 0.249. The van der Waals surface area contributed by atoms with Crippen LogP contribution in [0, 0.1) is 11.8 Å². The van der Waals surface area contributed by atoms with Crippen LogP contribution in [0.5, 0.6) is 0 Å². The Morgan fingerprint density at radius 2 is 2.00 bits per heavy atom. The van der Waals surface area contributed by atoms with Crippen LogP contribution in [0.4, 0.5) is 0 Å². The van der Waals surface area contributed by atoms with Crippen molar-refractivity contribution in [3.05, 3.63) is 0 Å². The molecule has 14 heavy (non-hydrogen) atoms. The quantitative estimate of drug-likeness (QED) is 0.788. The number of carboxylic acids is 1.